The smallest absolute Gasteiger partial charge is 0.336 e. The topological polar surface area (TPSA) is 75.6 Å². The Balaban J connectivity index is 3.00. The van der Waals surface area contributed by atoms with Crippen LogP contribution in [0.2, 0.25) is 0 Å². The third kappa shape index (κ3) is 4.48. The van der Waals surface area contributed by atoms with E-state index in [1.165, 1.54) is 7.11 Å². The summed E-state index contributed by atoms with van der Waals surface area (Å²) in [7, 11) is 1.37. The second kappa shape index (κ2) is 7.29. The fourth-order valence-electron chi connectivity index (χ4n) is 2.34. The number of hydrogen-bond acceptors (Lipinski definition) is 4. The molecular weight excluding hydrogens is 282 g/mol. The van der Waals surface area contributed by atoms with Crippen LogP contribution in [-0.2, 0) is 14.9 Å². The minimum atomic E-state index is -0.935. The van der Waals surface area contributed by atoms with Crippen LogP contribution >= 0.6 is 0 Å². The monoisotopic (exact) mass is 307 g/mol. The molecule has 0 aliphatic carbocycles. The van der Waals surface area contributed by atoms with E-state index >= 15 is 0 Å². The van der Waals surface area contributed by atoms with Crippen molar-refractivity contribution in [3.63, 3.8) is 0 Å². The summed E-state index contributed by atoms with van der Waals surface area (Å²) in [6, 6.07) is 3.51. The molecule has 22 heavy (non-hydrogen) atoms. The molecule has 1 aromatic rings. The first-order valence-corrected chi connectivity index (χ1v) is 7.36. The van der Waals surface area contributed by atoms with Crippen molar-refractivity contribution < 1.29 is 19.4 Å². The van der Waals surface area contributed by atoms with Gasteiger partial charge in [-0.15, -0.1) is 0 Å². The van der Waals surface area contributed by atoms with Gasteiger partial charge < -0.3 is 15.2 Å². The standard InChI is InChI=1S/C17H25NO4/c1-11-12(16(20)21)8-9-13(17(2,3)4)15(11)18-10-6-7-14(19)22-5/h8-9,18H,6-7,10H2,1-5H3,(H,20,21). The van der Waals surface area contributed by atoms with E-state index in [-0.39, 0.29) is 11.4 Å². The van der Waals surface area contributed by atoms with Gasteiger partial charge in [-0.25, -0.2) is 4.79 Å². The number of esters is 1. The van der Waals surface area contributed by atoms with Crippen molar-refractivity contribution in [2.24, 2.45) is 0 Å². The van der Waals surface area contributed by atoms with Crippen LogP contribution in [0.25, 0.3) is 0 Å². The Labute approximate surface area is 131 Å². The summed E-state index contributed by atoms with van der Waals surface area (Å²) in [5, 5.41) is 12.6. The summed E-state index contributed by atoms with van der Waals surface area (Å²) >= 11 is 0. The lowest BCUT2D eigenvalue weighted by Crippen LogP contribution is -2.18. The average Bonchev–Trinajstić information content (AvgIpc) is 2.42. The van der Waals surface area contributed by atoms with Gasteiger partial charge in [0.1, 0.15) is 0 Å². The van der Waals surface area contributed by atoms with Gasteiger partial charge in [0.15, 0.2) is 0 Å². The minimum Gasteiger partial charge on any atom is -0.478 e. The SMILES string of the molecule is COC(=O)CCCNc1c(C(C)(C)C)ccc(C(=O)O)c1C. The molecule has 0 bridgehead atoms. The van der Waals surface area contributed by atoms with Gasteiger partial charge in [0, 0.05) is 18.7 Å². The second-order valence-electron chi connectivity index (χ2n) is 6.32. The van der Waals surface area contributed by atoms with Crippen molar-refractivity contribution in [2.45, 2.75) is 46.0 Å². The third-order valence-corrected chi connectivity index (χ3v) is 3.59. The van der Waals surface area contributed by atoms with Crippen LogP contribution in [0.1, 0.15) is 55.1 Å². The molecule has 0 amide bonds. The highest BCUT2D eigenvalue weighted by Gasteiger charge is 2.22. The maximum Gasteiger partial charge on any atom is 0.336 e. The normalized spacial score (nSPS) is 11.1. The number of anilines is 1. The first-order chi connectivity index (χ1) is 10.2. The molecule has 1 aromatic carbocycles. The van der Waals surface area contributed by atoms with E-state index in [4.69, 9.17) is 0 Å². The third-order valence-electron chi connectivity index (χ3n) is 3.59. The Kier molecular flexibility index (Phi) is 5.97. The quantitative estimate of drug-likeness (QED) is 0.622. The van der Waals surface area contributed by atoms with Gasteiger partial charge in [0.2, 0.25) is 0 Å². The largest absolute Gasteiger partial charge is 0.478 e. The fourth-order valence-corrected chi connectivity index (χ4v) is 2.34. The molecular formula is C17H25NO4. The van der Waals surface area contributed by atoms with E-state index in [2.05, 4.69) is 30.8 Å². The Morgan fingerprint density at radius 1 is 1.27 bits per heavy atom. The van der Waals surface area contributed by atoms with Gasteiger partial charge >= 0.3 is 11.9 Å². The fraction of sp³-hybridized carbons (Fsp3) is 0.529. The van der Waals surface area contributed by atoms with E-state index in [0.29, 0.717) is 24.9 Å². The first kappa shape index (κ1) is 18.0. The van der Waals surface area contributed by atoms with Crippen molar-refractivity contribution in [1.82, 2.24) is 0 Å². The number of rotatable bonds is 6. The molecule has 0 radical (unpaired) electrons. The number of carbonyl (C=O) groups excluding carboxylic acids is 1. The van der Waals surface area contributed by atoms with Gasteiger partial charge in [0.25, 0.3) is 0 Å². The zero-order valence-electron chi connectivity index (χ0n) is 13.9. The van der Waals surface area contributed by atoms with E-state index in [9.17, 15) is 14.7 Å². The van der Waals surface area contributed by atoms with E-state index < -0.39 is 5.97 Å². The molecule has 0 atom stereocenters. The summed E-state index contributed by atoms with van der Waals surface area (Å²) in [4.78, 5) is 22.4. The maximum absolute atomic E-state index is 11.3. The highest BCUT2D eigenvalue weighted by Crippen LogP contribution is 2.33. The molecule has 0 unspecified atom stereocenters. The van der Waals surface area contributed by atoms with Crippen molar-refractivity contribution in [3.05, 3.63) is 28.8 Å². The Hall–Kier alpha value is -2.04. The van der Waals surface area contributed by atoms with Crippen LogP contribution in [-0.4, -0.2) is 30.7 Å². The van der Waals surface area contributed by atoms with Gasteiger partial charge in [-0.2, -0.15) is 0 Å². The number of aromatic carboxylic acids is 1. The van der Waals surface area contributed by atoms with Crippen molar-refractivity contribution in [2.75, 3.05) is 19.0 Å². The molecule has 1 rings (SSSR count). The molecule has 2 N–H and O–H groups in total. The number of carboxylic acid groups (broad SMARTS) is 1. The molecule has 0 aliphatic rings. The van der Waals surface area contributed by atoms with Crippen molar-refractivity contribution in [3.8, 4) is 0 Å². The molecule has 122 valence electrons. The van der Waals surface area contributed by atoms with E-state index in [0.717, 1.165) is 16.8 Å². The lowest BCUT2D eigenvalue weighted by Gasteiger charge is -2.26. The summed E-state index contributed by atoms with van der Waals surface area (Å²) < 4.78 is 4.61. The number of carbonyl (C=O) groups is 2. The Morgan fingerprint density at radius 3 is 2.41 bits per heavy atom. The molecule has 0 fully saturated rings. The lowest BCUT2D eigenvalue weighted by molar-refractivity contribution is -0.140. The number of hydrogen-bond donors (Lipinski definition) is 2. The summed E-state index contributed by atoms with van der Waals surface area (Å²) in [5.41, 5.74) is 2.82. The van der Waals surface area contributed by atoms with Crippen LogP contribution in [0.4, 0.5) is 5.69 Å². The number of nitrogens with one attached hydrogen (secondary N) is 1. The molecule has 0 saturated carbocycles. The summed E-state index contributed by atoms with van der Waals surface area (Å²) in [6.07, 6.45) is 0.971. The summed E-state index contributed by atoms with van der Waals surface area (Å²) in [5.74, 6) is -1.18. The molecule has 5 nitrogen and oxygen atoms in total. The number of benzene rings is 1. The van der Waals surface area contributed by atoms with Gasteiger partial charge in [-0.3, -0.25) is 4.79 Å². The molecule has 5 heteroatoms. The predicted molar refractivity (Wildman–Crippen MR) is 86.6 cm³/mol. The van der Waals surface area contributed by atoms with Crippen molar-refractivity contribution in [1.29, 1.82) is 0 Å². The lowest BCUT2D eigenvalue weighted by atomic mass is 9.83. The number of carboxylic acids is 1. The van der Waals surface area contributed by atoms with Gasteiger partial charge in [0.05, 0.1) is 12.7 Å². The molecule has 0 saturated heterocycles. The maximum atomic E-state index is 11.3. The zero-order valence-corrected chi connectivity index (χ0v) is 13.9. The number of methoxy groups -OCH3 is 1. The van der Waals surface area contributed by atoms with E-state index in [1.54, 1.807) is 13.0 Å². The molecule has 0 aliphatic heterocycles. The second-order valence-corrected chi connectivity index (χ2v) is 6.32. The van der Waals surface area contributed by atoms with Crippen LogP contribution in [0.15, 0.2) is 12.1 Å². The first-order valence-electron chi connectivity index (χ1n) is 7.36. The molecule has 0 heterocycles. The van der Waals surface area contributed by atoms with Crippen LogP contribution in [0, 0.1) is 6.92 Å². The van der Waals surface area contributed by atoms with Gasteiger partial charge in [-0.1, -0.05) is 26.8 Å². The van der Waals surface area contributed by atoms with Crippen LogP contribution in [0.3, 0.4) is 0 Å². The van der Waals surface area contributed by atoms with Crippen LogP contribution < -0.4 is 5.32 Å². The van der Waals surface area contributed by atoms with E-state index in [1.807, 2.05) is 6.07 Å². The average molecular weight is 307 g/mol. The van der Waals surface area contributed by atoms with Crippen LogP contribution in [0.5, 0.6) is 0 Å². The Morgan fingerprint density at radius 2 is 1.91 bits per heavy atom. The zero-order chi connectivity index (χ0) is 16.9. The number of ether oxygens (including phenoxy) is 1. The van der Waals surface area contributed by atoms with Crippen molar-refractivity contribution >= 4 is 17.6 Å². The molecule has 0 spiro atoms. The minimum absolute atomic E-state index is 0.105. The van der Waals surface area contributed by atoms with Gasteiger partial charge in [-0.05, 0) is 36.0 Å². The Bertz CT molecular complexity index is 559. The highest BCUT2D eigenvalue weighted by atomic mass is 16.5. The predicted octanol–water partition coefficient (Wildman–Crippen LogP) is 3.36. The highest BCUT2D eigenvalue weighted by molar-refractivity contribution is 5.91. The summed E-state index contributed by atoms with van der Waals surface area (Å²) in [6.45, 7) is 8.65. The molecule has 0 aromatic heterocycles.